The Labute approximate surface area is 98.8 Å². The van der Waals surface area contributed by atoms with Gasteiger partial charge in [-0.2, -0.15) is 11.8 Å². The van der Waals surface area contributed by atoms with Crippen LogP contribution in [0.1, 0.15) is 39.5 Å². The third-order valence-corrected chi connectivity index (χ3v) is 4.43. The minimum absolute atomic E-state index is 0.632. The predicted octanol–water partition coefficient (Wildman–Crippen LogP) is 2.24. The number of thioether (sulfide) groups is 1. The Morgan fingerprint density at radius 3 is 2.80 bits per heavy atom. The minimum Gasteiger partial charge on any atom is -0.330 e. The fourth-order valence-corrected chi connectivity index (χ4v) is 3.10. The van der Waals surface area contributed by atoms with Gasteiger partial charge in [0.15, 0.2) is 0 Å². The van der Waals surface area contributed by atoms with Gasteiger partial charge in [0.25, 0.3) is 0 Å². The van der Waals surface area contributed by atoms with E-state index >= 15 is 0 Å². The van der Waals surface area contributed by atoms with Gasteiger partial charge in [-0.05, 0) is 38.0 Å². The molecule has 0 heterocycles. The van der Waals surface area contributed by atoms with Gasteiger partial charge in [-0.15, -0.1) is 0 Å². The van der Waals surface area contributed by atoms with Gasteiger partial charge in [-0.25, -0.2) is 0 Å². The lowest BCUT2D eigenvalue weighted by atomic mass is 9.84. The molecule has 0 bridgehead atoms. The number of rotatable bonds is 6. The highest BCUT2D eigenvalue weighted by molar-refractivity contribution is 7.99. The fraction of sp³-hybridized carbons (Fsp3) is 1.00. The second kappa shape index (κ2) is 7.53. The van der Waals surface area contributed by atoms with Crippen LogP contribution >= 0.6 is 11.8 Å². The molecule has 1 aliphatic carbocycles. The number of hydrogen-bond donors (Lipinski definition) is 2. The van der Waals surface area contributed by atoms with Crippen LogP contribution in [0.25, 0.3) is 0 Å². The van der Waals surface area contributed by atoms with Crippen LogP contribution in [0.4, 0.5) is 0 Å². The Morgan fingerprint density at radius 2 is 2.13 bits per heavy atom. The van der Waals surface area contributed by atoms with Gasteiger partial charge in [0.2, 0.25) is 0 Å². The van der Waals surface area contributed by atoms with E-state index in [1.165, 1.54) is 37.2 Å². The van der Waals surface area contributed by atoms with E-state index in [1.54, 1.807) is 0 Å². The van der Waals surface area contributed by atoms with Gasteiger partial charge < -0.3 is 11.1 Å². The van der Waals surface area contributed by atoms with Crippen molar-refractivity contribution in [2.45, 2.75) is 51.6 Å². The standard InChI is InChI=1S/C12H26N2S/c1-3-15-9-10(2)14-12-7-5-4-6-11(12)8-13/h10-12,14H,3-9,13H2,1-2H3. The maximum atomic E-state index is 5.82. The van der Waals surface area contributed by atoms with E-state index in [2.05, 4.69) is 19.2 Å². The summed E-state index contributed by atoms with van der Waals surface area (Å²) in [5.74, 6) is 3.16. The topological polar surface area (TPSA) is 38.0 Å². The summed E-state index contributed by atoms with van der Waals surface area (Å²) < 4.78 is 0. The number of hydrogen-bond acceptors (Lipinski definition) is 3. The number of nitrogens with two attached hydrogens (primary N) is 1. The van der Waals surface area contributed by atoms with Crippen LogP contribution in [-0.4, -0.2) is 30.1 Å². The molecule has 0 spiro atoms. The van der Waals surface area contributed by atoms with E-state index in [9.17, 15) is 0 Å². The average molecular weight is 230 g/mol. The quantitative estimate of drug-likeness (QED) is 0.735. The first-order valence-corrected chi connectivity index (χ1v) is 7.47. The summed E-state index contributed by atoms with van der Waals surface area (Å²) in [4.78, 5) is 0. The van der Waals surface area contributed by atoms with Crippen LogP contribution in [0.5, 0.6) is 0 Å². The Bertz CT molecular complexity index is 164. The summed E-state index contributed by atoms with van der Waals surface area (Å²) in [6.45, 7) is 5.37. The predicted molar refractivity (Wildman–Crippen MR) is 70.4 cm³/mol. The molecule has 0 saturated heterocycles. The molecule has 3 unspecified atom stereocenters. The summed E-state index contributed by atoms with van der Waals surface area (Å²) in [6.07, 6.45) is 5.39. The van der Waals surface area contributed by atoms with Gasteiger partial charge in [-0.1, -0.05) is 19.8 Å². The van der Waals surface area contributed by atoms with E-state index in [0.29, 0.717) is 18.0 Å². The first-order valence-electron chi connectivity index (χ1n) is 6.31. The molecule has 90 valence electrons. The van der Waals surface area contributed by atoms with E-state index in [0.717, 1.165) is 6.54 Å². The first kappa shape index (κ1) is 13.3. The molecule has 3 N–H and O–H groups in total. The maximum absolute atomic E-state index is 5.82. The zero-order valence-electron chi connectivity index (χ0n) is 10.2. The minimum atomic E-state index is 0.632. The lowest BCUT2D eigenvalue weighted by Gasteiger charge is -2.33. The maximum Gasteiger partial charge on any atom is 0.0132 e. The van der Waals surface area contributed by atoms with E-state index in [1.807, 2.05) is 11.8 Å². The van der Waals surface area contributed by atoms with Crippen LogP contribution in [0.2, 0.25) is 0 Å². The van der Waals surface area contributed by atoms with E-state index in [-0.39, 0.29) is 0 Å². The summed E-state index contributed by atoms with van der Waals surface area (Å²) in [5, 5.41) is 3.75. The fourth-order valence-electron chi connectivity index (χ4n) is 2.42. The van der Waals surface area contributed by atoms with Crippen molar-refractivity contribution in [1.82, 2.24) is 5.32 Å². The molecule has 3 atom stereocenters. The van der Waals surface area contributed by atoms with E-state index < -0.39 is 0 Å². The van der Waals surface area contributed by atoms with Crippen LogP contribution in [0, 0.1) is 5.92 Å². The molecule has 0 aromatic carbocycles. The van der Waals surface area contributed by atoms with Crippen molar-refractivity contribution in [2.75, 3.05) is 18.1 Å². The summed E-state index contributed by atoms with van der Waals surface area (Å²) in [6, 6.07) is 1.31. The van der Waals surface area contributed by atoms with Crippen molar-refractivity contribution < 1.29 is 0 Å². The molecule has 0 amide bonds. The highest BCUT2D eigenvalue weighted by Crippen LogP contribution is 2.24. The molecule has 1 aliphatic rings. The molecule has 0 aromatic heterocycles. The lowest BCUT2D eigenvalue weighted by molar-refractivity contribution is 0.256. The molecule has 1 fully saturated rings. The summed E-state index contributed by atoms with van der Waals surface area (Å²) in [5.41, 5.74) is 5.82. The van der Waals surface area contributed by atoms with Crippen molar-refractivity contribution in [2.24, 2.45) is 11.7 Å². The molecule has 0 aliphatic heterocycles. The number of nitrogens with one attached hydrogen (secondary N) is 1. The molecular formula is C12H26N2S. The average Bonchev–Trinajstić information content (AvgIpc) is 2.27. The van der Waals surface area contributed by atoms with Gasteiger partial charge in [0.1, 0.15) is 0 Å². The van der Waals surface area contributed by atoms with Crippen molar-refractivity contribution >= 4 is 11.8 Å². The van der Waals surface area contributed by atoms with Crippen LogP contribution in [0.3, 0.4) is 0 Å². The molecule has 1 rings (SSSR count). The molecule has 0 aromatic rings. The first-order chi connectivity index (χ1) is 7.27. The Hall–Kier alpha value is 0.270. The monoisotopic (exact) mass is 230 g/mol. The molecule has 2 nitrogen and oxygen atoms in total. The van der Waals surface area contributed by atoms with E-state index in [4.69, 9.17) is 5.73 Å². The van der Waals surface area contributed by atoms with Crippen molar-refractivity contribution in [3.8, 4) is 0 Å². The molecular weight excluding hydrogens is 204 g/mol. The second-order valence-electron chi connectivity index (χ2n) is 4.61. The third-order valence-electron chi connectivity index (χ3n) is 3.28. The Kier molecular flexibility index (Phi) is 6.69. The lowest BCUT2D eigenvalue weighted by Crippen LogP contribution is -2.46. The van der Waals surface area contributed by atoms with Gasteiger partial charge in [0, 0.05) is 17.8 Å². The SMILES string of the molecule is CCSCC(C)NC1CCCCC1CN. The van der Waals surface area contributed by atoms with Gasteiger partial charge >= 0.3 is 0 Å². The second-order valence-corrected chi connectivity index (χ2v) is 5.93. The highest BCUT2D eigenvalue weighted by atomic mass is 32.2. The van der Waals surface area contributed by atoms with Crippen LogP contribution in [0.15, 0.2) is 0 Å². The molecule has 0 radical (unpaired) electrons. The van der Waals surface area contributed by atoms with Gasteiger partial charge in [-0.3, -0.25) is 0 Å². The van der Waals surface area contributed by atoms with Gasteiger partial charge in [0.05, 0.1) is 0 Å². The van der Waals surface area contributed by atoms with Crippen molar-refractivity contribution in [1.29, 1.82) is 0 Å². The Morgan fingerprint density at radius 1 is 1.40 bits per heavy atom. The van der Waals surface area contributed by atoms with Crippen LogP contribution in [-0.2, 0) is 0 Å². The Balaban J connectivity index is 2.27. The van der Waals surface area contributed by atoms with Crippen molar-refractivity contribution in [3.05, 3.63) is 0 Å². The summed E-state index contributed by atoms with van der Waals surface area (Å²) >= 11 is 2.02. The largest absolute Gasteiger partial charge is 0.330 e. The molecule has 1 saturated carbocycles. The summed E-state index contributed by atoms with van der Waals surface area (Å²) in [7, 11) is 0. The molecule has 15 heavy (non-hydrogen) atoms. The van der Waals surface area contributed by atoms with Crippen LogP contribution < -0.4 is 11.1 Å². The zero-order valence-corrected chi connectivity index (χ0v) is 11.0. The molecule has 3 heteroatoms. The smallest absolute Gasteiger partial charge is 0.0132 e. The third kappa shape index (κ3) is 4.75. The normalized spacial score (nSPS) is 29.0. The highest BCUT2D eigenvalue weighted by Gasteiger charge is 2.24. The van der Waals surface area contributed by atoms with Crippen molar-refractivity contribution in [3.63, 3.8) is 0 Å². The zero-order chi connectivity index (χ0) is 11.1.